The lowest BCUT2D eigenvalue weighted by atomic mass is 10.1. The molecule has 0 fully saturated rings. The minimum absolute atomic E-state index is 0.448. The van der Waals surface area contributed by atoms with Gasteiger partial charge in [0.1, 0.15) is 18.1 Å². The average Bonchev–Trinajstić information content (AvgIpc) is 2.70. The second-order valence-corrected chi connectivity index (χ2v) is 5.99. The smallest absolute Gasteiger partial charge is 0.244 e. The number of hydrogen-bond donors (Lipinski definition) is 2. The molecule has 1 heterocycles. The molecule has 2 aromatic carbocycles. The molecule has 0 bridgehead atoms. The Hall–Kier alpha value is -3.35. The number of nitrogens with one attached hydrogen (secondary N) is 2. The van der Waals surface area contributed by atoms with Gasteiger partial charge >= 0.3 is 0 Å². The third-order valence-electron chi connectivity index (χ3n) is 4.14. The molecule has 2 N–H and O–H groups in total. The lowest BCUT2D eigenvalue weighted by Gasteiger charge is -2.11. The first-order valence-electron chi connectivity index (χ1n) is 8.69. The zero-order chi connectivity index (χ0) is 19.1. The first-order valence-corrected chi connectivity index (χ1v) is 8.69. The molecule has 7 heteroatoms. The Labute approximate surface area is 158 Å². The van der Waals surface area contributed by atoms with Gasteiger partial charge in [0.2, 0.25) is 5.95 Å². The number of ether oxygens (including phenoxy) is 2. The normalized spacial score (nSPS) is 10.3. The lowest BCUT2D eigenvalue weighted by Crippen LogP contribution is -2.14. The van der Waals surface area contributed by atoms with Crippen LogP contribution in [0, 0.1) is 13.8 Å². The second kappa shape index (κ2) is 8.84. The van der Waals surface area contributed by atoms with Gasteiger partial charge in [-0.05, 0) is 55.3 Å². The maximum Gasteiger partial charge on any atom is 0.244 e. The van der Waals surface area contributed by atoms with Crippen LogP contribution in [0.5, 0.6) is 11.5 Å². The van der Waals surface area contributed by atoms with Crippen molar-refractivity contribution >= 4 is 17.5 Å². The van der Waals surface area contributed by atoms with E-state index in [9.17, 15) is 0 Å². The molecular weight excluding hydrogens is 342 g/mol. The Bertz CT molecular complexity index is 884. The summed E-state index contributed by atoms with van der Waals surface area (Å²) < 4.78 is 10.8. The van der Waals surface area contributed by atoms with E-state index < -0.39 is 0 Å². The number of methoxy groups -OCH3 is 1. The topological polar surface area (TPSA) is 81.2 Å². The summed E-state index contributed by atoms with van der Waals surface area (Å²) in [5.41, 5.74) is 3.40. The zero-order valence-electron chi connectivity index (χ0n) is 15.7. The number of anilines is 3. The van der Waals surface area contributed by atoms with Crippen LogP contribution >= 0.6 is 0 Å². The van der Waals surface area contributed by atoms with E-state index in [1.165, 1.54) is 11.1 Å². The summed E-state index contributed by atoms with van der Waals surface area (Å²) in [5, 5.41) is 14.4. The van der Waals surface area contributed by atoms with Crippen LogP contribution in [0.4, 0.5) is 17.5 Å². The van der Waals surface area contributed by atoms with E-state index in [0.717, 1.165) is 17.2 Å². The fourth-order valence-electron chi connectivity index (χ4n) is 2.47. The van der Waals surface area contributed by atoms with Crippen LogP contribution in [0.25, 0.3) is 0 Å². The molecule has 3 rings (SSSR count). The molecule has 0 saturated carbocycles. The highest BCUT2D eigenvalue weighted by Crippen LogP contribution is 2.21. The quantitative estimate of drug-likeness (QED) is 0.589. The molecule has 0 aliphatic carbocycles. The van der Waals surface area contributed by atoms with Crippen molar-refractivity contribution in [2.24, 2.45) is 0 Å². The molecule has 0 atom stereocenters. The van der Waals surface area contributed by atoms with Crippen molar-refractivity contribution in [1.29, 1.82) is 0 Å². The molecule has 0 spiro atoms. The summed E-state index contributed by atoms with van der Waals surface area (Å²) in [6.07, 6.45) is 1.60. The van der Waals surface area contributed by atoms with Gasteiger partial charge in [0.05, 0.1) is 19.9 Å². The van der Waals surface area contributed by atoms with Crippen molar-refractivity contribution in [3.8, 4) is 11.5 Å². The molecule has 7 nitrogen and oxygen atoms in total. The molecule has 0 amide bonds. The van der Waals surface area contributed by atoms with Crippen molar-refractivity contribution < 1.29 is 9.47 Å². The maximum atomic E-state index is 5.67. The van der Waals surface area contributed by atoms with Crippen LogP contribution in [-0.4, -0.2) is 35.4 Å². The first kappa shape index (κ1) is 18.4. The minimum Gasteiger partial charge on any atom is -0.497 e. The van der Waals surface area contributed by atoms with Gasteiger partial charge in [0.25, 0.3) is 0 Å². The summed E-state index contributed by atoms with van der Waals surface area (Å²) in [5.74, 6) is 2.66. The summed E-state index contributed by atoms with van der Waals surface area (Å²) >= 11 is 0. The number of hydrogen-bond acceptors (Lipinski definition) is 7. The lowest BCUT2D eigenvalue weighted by molar-refractivity contribution is 0.331. The second-order valence-electron chi connectivity index (χ2n) is 5.99. The van der Waals surface area contributed by atoms with E-state index in [4.69, 9.17) is 9.47 Å². The van der Waals surface area contributed by atoms with Gasteiger partial charge < -0.3 is 20.1 Å². The molecule has 140 valence electrons. The summed E-state index contributed by atoms with van der Waals surface area (Å²) in [7, 11) is 1.64. The predicted octanol–water partition coefficient (Wildman–Crippen LogP) is 3.73. The molecular formula is C20H23N5O2. The van der Waals surface area contributed by atoms with Gasteiger partial charge in [-0.25, -0.2) is 0 Å². The van der Waals surface area contributed by atoms with Crippen molar-refractivity contribution in [3.05, 3.63) is 59.8 Å². The standard InChI is InChI=1S/C20H23N5O2/c1-14-5-4-6-18(15(14)2)23-19-13-22-25-20(24-19)21-11-12-27-17-9-7-16(26-3)8-10-17/h4-10,13H,11-12H2,1-3H3,(H2,21,23,24,25). The fraction of sp³-hybridized carbons (Fsp3) is 0.250. The highest BCUT2D eigenvalue weighted by molar-refractivity contribution is 5.61. The summed E-state index contributed by atoms with van der Waals surface area (Å²) in [6, 6.07) is 13.6. The Kier molecular flexibility index (Phi) is 6.04. The molecule has 1 aromatic heterocycles. The van der Waals surface area contributed by atoms with Gasteiger partial charge in [0.15, 0.2) is 5.82 Å². The third-order valence-corrected chi connectivity index (χ3v) is 4.14. The Balaban J connectivity index is 1.52. The molecule has 0 unspecified atom stereocenters. The third kappa shape index (κ3) is 5.07. The van der Waals surface area contributed by atoms with E-state index in [-0.39, 0.29) is 0 Å². The van der Waals surface area contributed by atoms with E-state index in [2.05, 4.69) is 45.7 Å². The largest absolute Gasteiger partial charge is 0.497 e. The van der Waals surface area contributed by atoms with Crippen LogP contribution < -0.4 is 20.1 Å². The number of rotatable bonds is 8. The minimum atomic E-state index is 0.448. The number of aromatic nitrogens is 3. The summed E-state index contributed by atoms with van der Waals surface area (Å²) in [6.45, 7) is 5.18. The van der Waals surface area contributed by atoms with Crippen LogP contribution in [0.1, 0.15) is 11.1 Å². The first-order chi connectivity index (χ1) is 13.2. The van der Waals surface area contributed by atoms with Crippen LogP contribution in [-0.2, 0) is 0 Å². The Morgan fingerprint density at radius 1 is 1.00 bits per heavy atom. The van der Waals surface area contributed by atoms with Crippen molar-refractivity contribution in [1.82, 2.24) is 15.2 Å². The van der Waals surface area contributed by atoms with E-state index in [0.29, 0.717) is 24.9 Å². The summed E-state index contributed by atoms with van der Waals surface area (Å²) in [4.78, 5) is 4.44. The molecule has 0 aliphatic rings. The predicted molar refractivity (Wildman–Crippen MR) is 106 cm³/mol. The van der Waals surface area contributed by atoms with Gasteiger partial charge in [-0.15, -0.1) is 5.10 Å². The Morgan fingerprint density at radius 2 is 1.78 bits per heavy atom. The van der Waals surface area contributed by atoms with Gasteiger partial charge in [-0.3, -0.25) is 0 Å². The number of aryl methyl sites for hydroxylation is 1. The van der Waals surface area contributed by atoms with Crippen LogP contribution in [0.3, 0.4) is 0 Å². The van der Waals surface area contributed by atoms with Crippen LogP contribution in [0.15, 0.2) is 48.7 Å². The molecule has 27 heavy (non-hydrogen) atoms. The average molecular weight is 365 g/mol. The van der Waals surface area contributed by atoms with Crippen molar-refractivity contribution in [2.75, 3.05) is 30.9 Å². The van der Waals surface area contributed by atoms with Crippen molar-refractivity contribution in [3.63, 3.8) is 0 Å². The van der Waals surface area contributed by atoms with Gasteiger partial charge in [0, 0.05) is 5.69 Å². The van der Waals surface area contributed by atoms with E-state index in [1.54, 1.807) is 13.3 Å². The number of nitrogens with zero attached hydrogens (tertiary/aromatic N) is 3. The van der Waals surface area contributed by atoms with Gasteiger partial charge in [-0.2, -0.15) is 10.1 Å². The highest BCUT2D eigenvalue weighted by Gasteiger charge is 2.04. The van der Waals surface area contributed by atoms with Crippen molar-refractivity contribution in [2.45, 2.75) is 13.8 Å². The molecule has 3 aromatic rings. The number of benzene rings is 2. The zero-order valence-corrected chi connectivity index (χ0v) is 15.7. The molecule has 0 aliphatic heterocycles. The SMILES string of the molecule is COc1ccc(OCCNc2nncc(Nc3cccc(C)c3C)n2)cc1. The van der Waals surface area contributed by atoms with Gasteiger partial charge in [-0.1, -0.05) is 12.1 Å². The van der Waals surface area contributed by atoms with E-state index in [1.807, 2.05) is 36.4 Å². The van der Waals surface area contributed by atoms with Crippen LogP contribution in [0.2, 0.25) is 0 Å². The molecule has 0 radical (unpaired) electrons. The van der Waals surface area contributed by atoms with E-state index >= 15 is 0 Å². The fourth-order valence-corrected chi connectivity index (χ4v) is 2.47. The Morgan fingerprint density at radius 3 is 2.56 bits per heavy atom. The molecule has 0 saturated heterocycles. The monoisotopic (exact) mass is 365 g/mol. The highest BCUT2D eigenvalue weighted by atomic mass is 16.5. The maximum absolute atomic E-state index is 5.67.